The van der Waals surface area contributed by atoms with Gasteiger partial charge in [-0.15, -0.1) is 0 Å². The Labute approximate surface area is 170 Å². The van der Waals surface area contributed by atoms with Crippen molar-refractivity contribution in [1.82, 2.24) is 14.9 Å². The molecule has 3 aromatic rings. The van der Waals surface area contributed by atoms with Crippen LogP contribution in [0.15, 0.2) is 48.8 Å². The SMILES string of the molecule is CC(=O)N[C@@H]1C[C@H](C)N(C(=O)c2ccc3c(c2)ncn3C(C)C)c2ccccc21. The number of amides is 2. The number of hydrogen-bond acceptors (Lipinski definition) is 3. The van der Waals surface area contributed by atoms with Gasteiger partial charge in [-0.25, -0.2) is 4.98 Å². The molecular weight excluding hydrogens is 364 g/mol. The van der Waals surface area contributed by atoms with Gasteiger partial charge in [-0.3, -0.25) is 9.59 Å². The van der Waals surface area contributed by atoms with Crippen LogP contribution in [-0.2, 0) is 4.79 Å². The predicted octanol–water partition coefficient (Wildman–Crippen LogP) is 4.23. The van der Waals surface area contributed by atoms with Crippen LogP contribution >= 0.6 is 0 Å². The lowest BCUT2D eigenvalue weighted by Gasteiger charge is -2.39. The summed E-state index contributed by atoms with van der Waals surface area (Å²) in [6.07, 6.45) is 2.49. The molecule has 0 saturated heterocycles. The van der Waals surface area contributed by atoms with E-state index in [4.69, 9.17) is 0 Å². The Kier molecular flexibility index (Phi) is 4.86. The molecule has 2 amide bonds. The molecule has 0 saturated carbocycles. The van der Waals surface area contributed by atoms with Crippen molar-refractivity contribution in [1.29, 1.82) is 0 Å². The largest absolute Gasteiger partial charge is 0.349 e. The van der Waals surface area contributed by atoms with E-state index >= 15 is 0 Å². The molecule has 1 aliphatic heterocycles. The molecule has 2 atom stereocenters. The van der Waals surface area contributed by atoms with Gasteiger partial charge < -0.3 is 14.8 Å². The van der Waals surface area contributed by atoms with Crippen LogP contribution in [0.2, 0.25) is 0 Å². The Morgan fingerprint density at radius 3 is 2.66 bits per heavy atom. The molecular formula is C23H26N4O2. The minimum atomic E-state index is -0.0908. The Morgan fingerprint density at radius 1 is 1.17 bits per heavy atom. The van der Waals surface area contributed by atoms with E-state index in [0.717, 1.165) is 22.3 Å². The van der Waals surface area contributed by atoms with Crippen molar-refractivity contribution in [3.63, 3.8) is 0 Å². The Hall–Kier alpha value is -3.15. The summed E-state index contributed by atoms with van der Waals surface area (Å²) < 4.78 is 2.10. The van der Waals surface area contributed by atoms with Crippen LogP contribution in [0.4, 0.5) is 5.69 Å². The van der Waals surface area contributed by atoms with Gasteiger partial charge in [0.1, 0.15) is 0 Å². The molecule has 1 N–H and O–H groups in total. The Bertz CT molecular complexity index is 1090. The number of aromatic nitrogens is 2. The number of anilines is 1. The number of para-hydroxylation sites is 1. The van der Waals surface area contributed by atoms with Crippen LogP contribution in [0.25, 0.3) is 11.0 Å². The van der Waals surface area contributed by atoms with Crippen molar-refractivity contribution in [3.8, 4) is 0 Å². The lowest BCUT2D eigenvalue weighted by atomic mass is 9.91. The summed E-state index contributed by atoms with van der Waals surface area (Å²) in [6.45, 7) is 7.76. The second-order valence-electron chi connectivity index (χ2n) is 8.02. The number of hydrogen-bond donors (Lipinski definition) is 1. The van der Waals surface area contributed by atoms with Crippen molar-refractivity contribution in [2.75, 3.05) is 4.90 Å². The minimum Gasteiger partial charge on any atom is -0.349 e. The highest BCUT2D eigenvalue weighted by Gasteiger charge is 2.34. The summed E-state index contributed by atoms with van der Waals surface area (Å²) in [4.78, 5) is 31.5. The van der Waals surface area contributed by atoms with Gasteiger partial charge in [0.05, 0.1) is 23.4 Å². The zero-order valence-electron chi connectivity index (χ0n) is 17.2. The fourth-order valence-corrected chi connectivity index (χ4v) is 4.22. The smallest absolute Gasteiger partial charge is 0.258 e. The van der Waals surface area contributed by atoms with E-state index < -0.39 is 0 Å². The molecule has 0 radical (unpaired) electrons. The van der Waals surface area contributed by atoms with Gasteiger partial charge in [0.25, 0.3) is 5.91 Å². The molecule has 4 rings (SSSR count). The number of rotatable bonds is 3. The van der Waals surface area contributed by atoms with Crippen LogP contribution in [-0.4, -0.2) is 27.4 Å². The summed E-state index contributed by atoms with van der Waals surface area (Å²) in [5, 5.41) is 3.02. The predicted molar refractivity (Wildman–Crippen MR) is 114 cm³/mol. The number of carbonyl (C=O) groups excluding carboxylic acids is 2. The standard InChI is InChI=1S/C23H26N4O2/c1-14(2)26-13-24-20-12-17(9-10-22(20)26)23(29)27-15(3)11-19(25-16(4)28)18-7-5-6-8-21(18)27/h5-10,12-15,19H,11H2,1-4H3,(H,25,28)/t15-,19+/m0/s1. The highest BCUT2D eigenvalue weighted by atomic mass is 16.2. The van der Waals surface area contributed by atoms with Crippen molar-refractivity contribution >= 4 is 28.5 Å². The van der Waals surface area contributed by atoms with Crippen molar-refractivity contribution < 1.29 is 9.59 Å². The third kappa shape index (κ3) is 3.39. The van der Waals surface area contributed by atoms with Gasteiger partial charge in [0.2, 0.25) is 5.91 Å². The quantitative estimate of drug-likeness (QED) is 0.728. The van der Waals surface area contributed by atoms with Gasteiger partial charge in [-0.1, -0.05) is 18.2 Å². The van der Waals surface area contributed by atoms with Crippen molar-refractivity contribution in [3.05, 3.63) is 59.9 Å². The molecule has 1 aromatic heterocycles. The first-order chi connectivity index (χ1) is 13.9. The third-order valence-electron chi connectivity index (χ3n) is 5.56. The molecule has 6 nitrogen and oxygen atoms in total. The minimum absolute atomic E-state index is 0.0434. The molecule has 0 bridgehead atoms. The number of nitrogens with one attached hydrogen (secondary N) is 1. The van der Waals surface area contributed by atoms with E-state index in [1.807, 2.05) is 60.6 Å². The maximum Gasteiger partial charge on any atom is 0.258 e. The molecule has 0 unspecified atom stereocenters. The second kappa shape index (κ2) is 7.35. The molecule has 29 heavy (non-hydrogen) atoms. The average Bonchev–Trinajstić information content (AvgIpc) is 3.11. The highest BCUT2D eigenvalue weighted by Crippen LogP contribution is 2.38. The number of carbonyl (C=O) groups is 2. The van der Waals surface area contributed by atoms with E-state index in [1.165, 1.54) is 6.92 Å². The first kappa shape index (κ1) is 19.2. The van der Waals surface area contributed by atoms with Gasteiger partial charge in [0.15, 0.2) is 0 Å². The van der Waals surface area contributed by atoms with E-state index in [1.54, 1.807) is 0 Å². The Balaban J connectivity index is 1.72. The number of imidazole rings is 1. The fraction of sp³-hybridized carbons (Fsp3) is 0.348. The van der Waals surface area contributed by atoms with Crippen molar-refractivity contribution in [2.45, 2.75) is 52.2 Å². The molecule has 2 aromatic carbocycles. The summed E-state index contributed by atoms with van der Waals surface area (Å²) in [5.41, 5.74) is 4.28. The van der Waals surface area contributed by atoms with Crippen molar-refractivity contribution in [2.24, 2.45) is 0 Å². The van der Waals surface area contributed by atoms with Crippen LogP contribution in [0.3, 0.4) is 0 Å². The first-order valence-electron chi connectivity index (χ1n) is 10.0. The first-order valence-corrected chi connectivity index (χ1v) is 10.0. The summed E-state index contributed by atoms with van der Waals surface area (Å²) in [7, 11) is 0. The monoisotopic (exact) mass is 390 g/mol. The van der Waals surface area contributed by atoms with Crippen LogP contribution in [0, 0.1) is 0 Å². The van der Waals surface area contributed by atoms with Crippen LogP contribution in [0.5, 0.6) is 0 Å². The molecule has 0 aliphatic carbocycles. The van der Waals surface area contributed by atoms with Gasteiger partial charge in [-0.2, -0.15) is 0 Å². The molecule has 2 heterocycles. The van der Waals surface area contributed by atoms with Gasteiger partial charge in [0, 0.05) is 30.3 Å². The summed E-state index contributed by atoms with van der Waals surface area (Å²) >= 11 is 0. The van der Waals surface area contributed by atoms with E-state index in [9.17, 15) is 9.59 Å². The lowest BCUT2D eigenvalue weighted by Crippen LogP contribution is -2.46. The fourth-order valence-electron chi connectivity index (χ4n) is 4.22. The van der Waals surface area contributed by atoms with Crippen LogP contribution < -0.4 is 10.2 Å². The third-order valence-corrected chi connectivity index (χ3v) is 5.56. The topological polar surface area (TPSA) is 67.2 Å². The van der Waals surface area contributed by atoms with E-state index in [0.29, 0.717) is 18.0 Å². The zero-order chi connectivity index (χ0) is 20.7. The molecule has 0 fully saturated rings. The lowest BCUT2D eigenvalue weighted by molar-refractivity contribution is -0.119. The maximum absolute atomic E-state index is 13.5. The van der Waals surface area contributed by atoms with E-state index in [-0.39, 0.29) is 23.9 Å². The zero-order valence-corrected chi connectivity index (χ0v) is 17.2. The molecule has 1 aliphatic rings. The summed E-state index contributed by atoms with van der Waals surface area (Å²) in [5.74, 6) is -0.116. The van der Waals surface area contributed by atoms with Crippen LogP contribution in [0.1, 0.15) is 62.1 Å². The number of nitrogens with zero attached hydrogens (tertiary/aromatic N) is 3. The maximum atomic E-state index is 13.5. The highest BCUT2D eigenvalue weighted by molar-refractivity contribution is 6.08. The average molecular weight is 390 g/mol. The van der Waals surface area contributed by atoms with Gasteiger partial charge >= 0.3 is 0 Å². The van der Waals surface area contributed by atoms with Gasteiger partial charge in [-0.05, 0) is 57.0 Å². The molecule has 150 valence electrons. The van der Waals surface area contributed by atoms with E-state index in [2.05, 4.69) is 28.7 Å². The molecule has 0 spiro atoms. The normalized spacial score (nSPS) is 18.7. The Morgan fingerprint density at radius 2 is 1.93 bits per heavy atom. The number of fused-ring (bicyclic) bond motifs is 2. The number of benzene rings is 2. The molecule has 6 heteroatoms. The second-order valence-corrected chi connectivity index (χ2v) is 8.02. The summed E-state index contributed by atoms with van der Waals surface area (Å²) in [6, 6.07) is 13.7.